The summed E-state index contributed by atoms with van der Waals surface area (Å²) in [6.07, 6.45) is 5.28. The van der Waals surface area contributed by atoms with E-state index >= 15 is 0 Å². The Morgan fingerprint density at radius 2 is 1.88 bits per heavy atom. The molecule has 4 aliphatic rings. The van der Waals surface area contributed by atoms with Gasteiger partial charge in [-0.05, 0) is 48.3 Å². The van der Waals surface area contributed by atoms with Gasteiger partial charge in [-0.1, -0.05) is 27.7 Å². The van der Waals surface area contributed by atoms with Crippen LogP contribution in [-0.2, 0) is 0 Å². The van der Waals surface area contributed by atoms with Crippen molar-refractivity contribution in [3.8, 4) is 0 Å². The minimum Gasteiger partial charge on any atom is -0.313 e. The highest BCUT2D eigenvalue weighted by Crippen LogP contribution is 2.70. The van der Waals surface area contributed by atoms with E-state index in [2.05, 4.69) is 32.5 Å². The molecule has 0 aromatic rings. The predicted molar refractivity (Wildman–Crippen MR) is 70.4 cm³/mol. The molecule has 6 atom stereocenters. The van der Waals surface area contributed by atoms with Gasteiger partial charge in [-0.3, -0.25) is 0 Å². The summed E-state index contributed by atoms with van der Waals surface area (Å²) in [7, 11) is 0. The molecule has 4 rings (SSSR count). The van der Waals surface area contributed by atoms with E-state index in [0.717, 1.165) is 23.7 Å². The molecule has 0 heterocycles. The van der Waals surface area contributed by atoms with Gasteiger partial charge in [-0.15, -0.1) is 0 Å². The van der Waals surface area contributed by atoms with E-state index in [-0.39, 0.29) is 0 Å². The highest BCUT2D eigenvalue weighted by atomic mass is 14.8. The molecule has 1 nitrogen and oxygen atoms in total. The Balaban J connectivity index is 1.98. The molecule has 94 valence electrons. The quantitative estimate of drug-likeness (QED) is 0.589. The van der Waals surface area contributed by atoms with Crippen LogP contribution in [0.5, 0.6) is 0 Å². The lowest BCUT2D eigenvalue weighted by atomic mass is 9.49. The van der Waals surface area contributed by atoms with Gasteiger partial charge >= 0.3 is 0 Å². The van der Waals surface area contributed by atoms with Crippen LogP contribution in [0, 0.1) is 41.1 Å². The zero-order valence-corrected chi connectivity index (χ0v) is 11.7. The molecule has 4 fully saturated rings. The van der Waals surface area contributed by atoms with Crippen molar-refractivity contribution in [3.63, 3.8) is 0 Å². The van der Waals surface area contributed by atoms with Gasteiger partial charge in [0.1, 0.15) is 0 Å². The minimum atomic E-state index is 0.322. The summed E-state index contributed by atoms with van der Waals surface area (Å²) in [4.78, 5) is 3.95. The molecular formula is C16H25N. The van der Waals surface area contributed by atoms with Crippen LogP contribution in [0.3, 0.4) is 0 Å². The van der Waals surface area contributed by atoms with Crippen molar-refractivity contribution in [2.75, 3.05) is 0 Å². The van der Waals surface area contributed by atoms with Gasteiger partial charge in [-0.2, -0.15) is 0 Å². The van der Waals surface area contributed by atoms with Crippen molar-refractivity contribution in [1.29, 1.82) is 0 Å². The van der Waals surface area contributed by atoms with Crippen molar-refractivity contribution in [3.05, 3.63) is 11.4 Å². The molecular weight excluding hydrogens is 206 g/mol. The molecule has 0 amide bonds. The van der Waals surface area contributed by atoms with E-state index in [1.807, 2.05) is 0 Å². The fourth-order valence-corrected chi connectivity index (χ4v) is 5.86. The van der Waals surface area contributed by atoms with Crippen LogP contribution < -0.4 is 0 Å². The van der Waals surface area contributed by atoms with Crippen LogP contribution >= 0.6 is 0 Å². The van der Waals surface area contributed by atoms with E-state index in [0.29, 0.717) is 16.9 Å². The van der Waals surface area contributed by atoms with Crippen molar-refractivity contribution in [2.45, 2.75) is 59.4 Å². The van der Waals surface area contributed by atoms with Crippen LogP contribution in [-0.4, -0.2) is 6.04 Å². The third-order valence-electron chi connectivity index (χ3n) is 6.47. The molecule has 0 aromatic heterocycles. The van der Waals surface area contributed by atoms with Crippen LogP contribution in [0.2, 0.25) is 0 Å². The Kier molecular flexibility index (Phi) is 2.23. The van der Waals surface area contributed by atoms with E-state index in [1.165, 1.54) is 25.7 Å². The van der Waals surface area contributed by atoms with E-state index in [4.69, 9.17) is 6.57 Å². The summed E-state index contributed by atoms with van der Waals surface area (Å²) >= 11 is 0. The van der Waals surface area contributed by atoms with Crippen molar-refractivity contribution in [2.24, 2.45) is 34.5 Å². The Morgan fingerprint density at radius 3 is 2.41 bits per heavy atom. The Bertz CT molecular complexity index is 379. The number of rotatable bonds is 1. The van der Waals surface area contributed by atoms with Crippen LogP contribution in [0.1, 0.15) is 53.4 Å². The second-order valence-corrected chi connectivity index (χ2v) is 7.95. The first-order chi connectivity index (χ1) is 7.89. The second-order valence-electron chi connectivity index (χ2n) is 7.95. The summed E-state index contributed by atoms with van der Waals surface area (Å²) in [6.45, 7) is 17.2. The van der Waals surface area contributed by atoms with Gasteiger partial charge in [0.25, 0.3) is 0 Å². The Hall–Kier alpha value is -0.510. The van der Waals surface area contributed by atoms with Gasteiger partial charge in [0.05, 0.1) is 0 Å². The third kappa shape index (κ3) is 1.36. The first kappa shape index (κ1) is 11.6. The zero-order chi connectivity index (χ0) is 12.4. The fraction of sp³-hybridized carbons (Fsp3) is 0.938. The van der Waals surface area contributed by atoms with Gasteiger partial charge in [-0.25, -0.2) is 6.57 Å². The SMILES string of the molecule is [C-]#[N+]C1CC2C3CC1(C)CC2(C)C[C@H]3C(C)C. The summed E-state index contributed by atoms with van der Waals surface area (Å²) in [5, 5.41) is 0. The maximum atomic E-state index is 7.45. The molecule has 4 saturated carbocycles. The lowest BCUT2D eigenvalue weighted by Gasteiger charge is -2.54. The molecule has 4 aliphatic carbocycles. The standard InChI is InChI=1S/C16H25N/c1-10(2)11-7-15(3)9-16(4)8-12(11)13(15)6-14(16)17-5/h10-14H,6-9H2,1-4H3/t11-,12?,13?,14?,15?,16?/m0/s1. The number of nitrogens with zero attached hydrogens (tertiary/aromatic N) is 1. The average molecular weight is 231 g/mol. The monoisotopic (exact) mass is 231 g/mol. The van der Waals surface area contributed by atoms with Crippen molar-refractivity contribution < 1.29 is 0 Å². The smallest absolute Gasteiger partial charge is 0.229 e. The largest absolute Gasteiger partial charge is 0.313 e. The molecule has 0 aromatic carbocycles. The molecule has 0 aliphatic heterocycles. The van der Waals surface area contributed by atoms with Gasteiger partial charge in [0, 0.05) is 11.8 Å². The topological polar surface area (TPSA) is 4.36 Å². The number of fused-ring (bicyclic) bond motifs is 1. The van der Waals surface area contributed by atoms with E-state index in [1.54, 1.807) is 0 Å². The number of hydrogen-bond donors (Lipinski definition) is 0. The fourth-order valence-electron chi connectivity index (χ4n) is 5.86. The average Bonchev–Trinajstić information content (AvgIpc) is 2.43. The predicted octanol–water partition coefficient (Wildman–Crippen LogP) is 4.39. The van der Waals surface area contributed by atoms with Crippen molar-refractivity contribution >= 4 is 0 Å². The molecule has 17 heavy (non-hydrogen) atoms. The van der Waals surface area contributed by atoms with Gasteiger partial charge in [0.2, 0.25) is 6.04 Å². The normalized spacial score (nSPS) is 56.2. The first-order valence-corrected chi connectivity index (χ1v) is 7.26. The first-order valence-electron chi connectivity index (χ1n) is 7.26. The second kappa shape index (κ2) is 3.28. The molecule has 5 unspecified atom stereocenters. The van der Waals surface area contributed by atoms with Crippen LogP contribution in [0.4, 0.5) is 0 Å². The summed E-state index contributed by atoms with van der Waals surface area (Å²) in [5.41, 5.74) is 0.896. The molecule has 1 heteroatoms. The van der Waals surface area contributed by atoms with Crippen molar-refractivity contribution in [1.82, 2.24) is 0 Å². The van der Waals surface area contributed by atoms with Gasteiger partial charge in [0.15, 0.2) is 0 Å². The highest BCUT2D eigenvalue weighted by molar-refractivity contribution is 5.17. The highest BCUT2D eigenvalue weighted by Gasteiger charge is 2.66. The van der Waals surface area contributed by atoms with Crippen LogP contribution in [0.15, 0.2) is 0 Å². The number of hydrogen-bond acceptors (Lipinski definition) is 0. The summed E-state index contributed by atoms with van der Waals surface area (Å²) in [5.74, 6) is 3.54. The van der Waals surface area contributed by atoms with E-state index < -0.39 is 0 Å². The van der Waals surface area contributed by atoms with Crippen LogP contribution in [0.25, 0.3) is 4.85 Å². The summed E-state index contributed by atoms with van der Waals surface area (Å²) < 4.78 is 0. The molecule has 4 bridgehead atoms. The third-order valence-corrected chi connectivity index (χ3v) is 6.47. The lowest BCUT2D eigenvalue weighted by Crippen LogP contribution is -2.52. The molecule has 0 spiro atoms. The Labute approximate surface area is 106 Å². The Morgan fingerprint density at radius 1 is 1.18 bits per heavy atom. The maximum absolute atomic E-state index is 7.45. The summed E-state index contributed by atoms with van der Waals surface area (Å²) in [6, 6.07) is 0.322. The molecule has 0 saturated heterocycles. The zero-order valence-electron chi connectivity index (χ0n) is 11.7. The van der Waals surface area contributed by atoms with Gasteiger partial charge < -0.3 is 4.85 Å². The lowest BCUT2D eigenvalue weighted by molar-refractivity contribution is -0.0497. The molecule has 0 radical (unpaired) electrons. The molecule has 0 N–H and O–H groups in total. The maximum Gasteiger partial charge on any atom is 0.229 e. The minimum absolute atomic E-state index is 0.322. The van der Waals surface area contributed by atoms with E-state index in [9.17, 15) is 0 Å².